The van der Waals surface area contributed by atoms with E-state index in [9.17, 15) is 9.59 Å². The largest absolute Gasteiger partial charge is 0.352 e. The lowest BCUT2D eigenvalue weighted by atomic mass is 9.91. The highest BCUT2D eigenvalue weighted by atomic mass is 16.2. The van der Waals surface area contributed by atoms with Crippen LogP contribution in [0.2, 0.25) is 0 Å². The molecular weight excluding hydrogens is 414 g/mol. The van der Waals surface area contributed by atoms with E-state index in [0.29, 0.717) is 25.2 Å². The molecule has 2 aromatic rings. The third kappa shape index (κ3) is 7.35. The fourth-order valence-electron chi connectivity index (χ4n) is 4.89. The van der Waals surface area contributed by atoms with Crippen LogP contribution < -0.4 is 5.32 Å². The lowest BCUT2D eigenvalue weighted by Gasteiger charge is -2.32. The second-order valence-corrected chi connectivity index (χ2v) is 9.33. The first kappa shape index (κ1) is 23.4. The molecule has 33 heavy (non-hydrogen) atoms. The van der Waals surface area contributed by atoms with Gasteiger partial charge in [0.15, 0.2) is 0 Å². The van der Waals surface area contributed by atoms with Crippen LogP contribution in [0.25, 0.3) is 0 Å². The molecule has 0 bridgehead atoms. The molecule has 7 nitrogen and oxygen atoms in total. The van der Waals surface area contributed by atoms with Gasteiger partial charge in [-0.25, -0.2) is 0 Å². The minimum Gasteiger partial charge on any atom is -0.352 e. The van der Waals surface area contributed by atoms with Gasteiger partial charge in [0.1, 0.15) is 0 Å². The number of aryl methyl sites for hydroxylation is 1. The molecule has 4 rings (SSSR count). The molecule has 1 unspecified atom stereocenters. The number of piperidine rings is 1. The predicted molar refractivity (Wildman–Crippen MR) is 127 cm³/mol. The summed E-state index contributed by atoms with van der Waals surface area (Å²) in [7, 11) is 0. The number of rotatable bonds is 9. The quantitative estimate of drug-likeness (QED) is 0.637. The number of nitrogens with one attached hydrogen (secondary N) is 1. The Balaban J connectivity index is 1.09. The van der Waals surface area contributed by atoms with Gasteiger partial charge in [0, 0.05) is 70.2 Å². The van der Waals surface area contributed by atoms with E-state index in [1.807, 2.05) is 11.0 Å². The summed E-state index contributed by atoms with van der Waals surface area (Å²) in [5.41, 5.74) is 2.18. The van der Waals surface area contributed by atoms with Crippen molar-refractivity contribution >= 4 is 11.8 Å². The fourth-order valence-corrected chi connectivity index (χ4v) is 4.89. The average molecular weight is 450 g/mol. The van der Waals surface area contributed by atoms with E-state index in [1.165, 1.54) is 5.56 Å². The topological polar surface area (TPSA) is 78.4 Å². The van der Waals surface area contributed by atoms with Crippen LogP contribution in [-0.2, 0) is 22.6 Å². The zero-order chi connectivity index (χ0) is 22.9. The third-order valence-corrected chi connectivity index (χ3v) is 6.85. The van der Waals surface area contributed by atoms with Crippen molar-refractivity contribution in [3.05, 3.63) is 60.2 Å². The molecule has 0 saturated carbocycles. The molecule has 0 radical (unpaired) electrons. The number of aromatic nitrogens is 2. The van der Waals surface area contributed by atoms with E-state index in [2.05, 4.69) is 44.5 Å². The molecule has 2 fully saturated rings. The first-order chi connectivity index (χ1) is 16.2. The lowest BCUT2D eigenvalue weighted by Crippen LogP contribution is -2.39. The number of benzene rings is 1. The first-order valence-electron chi connectivity index (χ1n) is 12.2. The van der Waals surface area contributed by atoms with Crippen LogP contribution in [0.4, 0.5) is 0 Å². The second-order valence-electron chi connectivity index (χ2n) is 9.33. The Morgan fingerprint density at radius 3 is 2.58 bits per heavy atom. The van der Waals surface area contributed by atoms with Gasteiger partial charge in [-0.15, -0.1) is 0 Å². The minimum absolute atomic E-state index is 0.170. The monoisotopic (exact) mass is 449 g/mol. The van der Waals surface area contributed by atoms with Crippen LogP contribution in [0.15, 0.2) is 48.9 Å². The van der Waals surface area contributed by atoms with Gasteiger partial charge in [0.25, 0.3) is 0 Å². The highest BCUT2D eigenvalue weighted by molar-refractivity contribution is 5.77. The van der Waals surface area contributed by atoms with Crippen molar-refractivity contribution in [3.8, 4) is 0 Å². The van der Waals surface area contributed by atoms with Crippen molar-refractivity contribution in [1.82, 2.24) is 25.1 Å². The molecule has 2 saturated heterocycles. The van der Waals surface area contributed by atoms with Crippen molar-refractivity contribution < 1.29 is 9.59 Å². The normalized spacial score (nSPS) is 19.5. The predicted octanol–water partition coefficient (Wildman–Crippen LogP) is 2.82. The second kappa shape index (κ2) is 11.9. The van der Waals surface area contributed by atoms with E-state index < -0.39 is 0 Å². The summed E-state index contributed by atoms with van der Waals surface area (Å²) >= 11 is 0. The third-order valence-electron chi connectivity index (χ3n) is 6.85. The Morgan fingerprint density at radius 1 is 1.00 bits per heavy atom. The zero-order valence-electron chi connectivity index (χ0n) is 19.4. The standard InChI is InChI=1S/C26H35N5O2/c32-25(29-24-12-15-30(20-24)19-22-4-2-1-3-5-22)8-6-21-10-16-31(17-11-21)26(33)9-7-23-18-27-13-14-28-23/h1-5,13-14,18,21,24H,6-12,15-17,19-20H2,(H,29,32). The summed E-state index contributed by atoms with van der Waals surface area (Å²) < 4.78 is 0. The van der Waals surface area contributed by atoms with Crippen molar-refractivity contribution in [2.75, 3.05) is 26.2 Å². The number of amides is 2. The molecule has 2 aliphatic heterocycles. The van der Waals surface area contributed by atoms with Crippen LogP contribution >= 0.6 is 0 Å². The van der Waals surface area contributed by atoms with Gasteiger partial charge in [-0.3, -0.25) is 24.5 Å². The molecule has 3 heterocycles. The molecule has 7 heteroatoms. The summed E-state index contributed by atoms with van der Waals surface area (Å²) in [6.45, 7) is 4.49. The maximum Gasteiger partial charge on any atom is 0.222 e. The van der Waals surface area contributed by atoms with E-state index in [1.54, 1.807) is 18.6 Å². The molecular formula is C26H35N5O2. The summed E-state index contributed by atoms with van der Waals surface area (Å²) in [4.78, 5) is 37.6. The highest BCUT2D eigenvalue weighted by Crippen LogP contribution is 2.23. The molecule has 1 aromatic carbocycles. The molecule has 1 atom stereocenters. The molecule has 2 amide bonds. The van der Waals surface area contributed by atoms with E-state index >= 15 is 0 Å². The Bertz CT molecular complexity index is 884. The van der Waals surface area contributed by atoms with Gasteiger partial charge in [0.05, 0.1) is 5.69 Å². The number of carbonyl (C=O) groups excluding carboxylic acids is 2. The van der Waals surface area contributed by atoms with Gasteiger partial charge in [-0.2, -0.15) is 0 Å². The molecule has 0 aliphatic carbocycles. The Morgan fingerprint density at radius 2 is 1.82 bits per heavy atom. The number of carbonyl (C=O) groups is 2. The van der Waals surface area contributed by atoms with Gasteiger partial charge >= 0.3 is 0 Å². The van der Waals surface area contributed by atoms with Gasteiger partial charge < -0.3 is 10.2 Å². The molecule has 1 aromatic heterocycles. The lowest BCUT2D eigenvalue weighted by molar-refractivity contribution is -0.132. The van der Waals surface area contributed by atoms with Crippen molar-refractivity contribution in [3.63, 3.8) is 0 Å². The maximum atomic E-state index is 12.5. The Hall–Kier alpha value is -2.80. The first-order valence-corrected chi connectivity index (χ1v) is 12.2. The molecule has 0 spiro atoms. The number of hydrogen-bond acceptors (Lipinski definition) is 5. The van der Waals surface area contributed by atoms with E-state index in [0.717, 1.165) is 64.1 Å². The van der Waals surface area contributed by atoms with Crippen molar-refractivity contribution in [2.24, 2.45) is 5.92 Å². The summed E-state index contributed by atoms with van der Waals surface area (Å²) in [5.74, 6) is 0.889. The van der Waals surface area contributed by atoms with Gasteiger partial charge in [-0.05, 0) is 43.6 Å². The number of nitrogens with zero attached hydrogens (tertiary/aromatic N) is 4. The van der Waals surface area contributed by atoms with Gasteiger partial charge in [0.2, 0.25) is 11.8 Å². The Labute approximate surface area is 196 Å². The number of hydrogen-bond donors (Lipinski definition) is 1. The maximum absolute atomic E-state index is 12.5. The van der Waals surface area contributed by atoms with Crippen molar-refractivity contribution in [1.29, 1.82) is 0 Å². The smallest absolute Gasteiger partial charge is 0.222 e. The van der Waals surface area contributed by atoms with Gasteiger partial charge in [-0.1, -0.05) is 30.3 Å². The summed E-state index contributed by atoms with van der Waals surface area (Å²) in [5, 5.41) is 3.24. The Kier molecular flexibility index (Phi) is 8.41. The molecule has 1 N–H and O–H groups in total. The average Bonchev–Trinajstić information content (AvgIpc) is 3.29. The molecule has 176 valence electrons. The van der Waals surface area contributed by atoms with Crippen LogP contribution in [0, 0.1) is 5.92 Å². The van der Waals surface area contributed by atoms with Crippen molar-refractivity contribution in [2.45, 2.75) is 57.5 Å². The zero-order valence-corrected chi connectivity index (χ0v) is 19.4. The minimum atomic E-state index is 0.170. The molecule has 2 aliphatic rings. The van der Waals surface area contributed by atoms with Crippen LogP contribution in [0.5, 0.6) is 0 Å². The fraction of sp³-hybridized carbons (Fsp3) is 0.538. The summed E-state index contributed by atoms with van der Waals surface area (Å²) in [6, 6.07) is 10.8. The number of likely N-dealkylation sites (tertiary alicyclic amines) is 2. The van der Waals surface area contributed by atoms with E-state index in [-0.39, 0.29) is 17.9 Å². The SMILES string of the molecule is O=C(CCC1CCN(C(=O)CCc2cnccn2)CC1)NC1CCN(Cc2ccccc2)C1. The van der Waals surface area contributed by atoms with E-state index in [4.69, 9.17) is 0 Å². The highest BCUT2D eigenvalue weighted by Gasteiger charge is 2.26. The van der Waals surface area contributed by atoms with Crippen LogP contribution in [0.1, 0.15) is 49.8 Å². The van der Waals surface area contributed by atoms with Crippen LogP contribution in [0.3, 0.4) is 0 Å². The van der Waals surface area contributed by atoms with Crippen LogP contribution in [-0.4, -0.2) is 63.8 Å². The summed E-state index contributed by atoms with van der Waals surface area (Å²) in [6.07, 6.45) is 10.6.